The normalized spacial score (nSPS) is 11.8. The molecule has 1 rings (SSSR count). The van der Waals surface area contributed by atoms with E-state index in [1.165, 1.54) is 24.3 Å². The van der Waals surface area contributed by atoms with E-state index >= 15 is 0 Å². The third kappa shape index (κ3) is 4.24. The Morgan fingerprint density at radius 2 is 2.06 bits per heavy atom. The maximum atomic E-state index is 10.7. The van der Waals surface area contributed by atoms with Gasteiger partial charge in [0.05, 0.1) is 12.2 Å². The number of aldehydes is 1. The van der Waals surface area contributed by atoms with Gasteiger partial charge in [-0.15, -0.1) is 0 Å². The average Bonchev–Trinajstić information content (AvgIpc) is 2.35. The van der Waals surface area contributed by atoms with Crippen LogP contribution in [0.5, 0.6) is 5.75 Å². The lowest BCUT2D eigenvalue weighted by Gasteiger charge is -2.13. The Kier molecular flexibility index (Phi) is 5.16. The molecule has 0 amide bonds. The van der Waals surface area contributed by atoms with Gasteiger partial charge >= 0.3 is 5.97 Å². The van der Waals surface area contributed by atoms with E-state index in [-0.39, 0.29) is 12.2 Å². The molecule has 1 aromatic rings. The fourth-order valence-corrected chi connectivity index (χ4v) is 1.19. The van der Waals surface area contributed by atoms with Gasteiger partial charge in [0, 0.05) is 6.61 Å². The average molecular weight is 238 g/mol. The summed E-state index contributed by atoms with van der Waals surface area (Å²) < 4.78 is 10.4. The quantitative estimate of drug-likeness (QED) is 0.726. The van der Waals surface area contributed by atoms with E-state index in [0.29, 0.717) is 18.6 Å². The molecule has 0 fully saturated rings. The number of carboxylic acids is 1. The maximum Gasteiger partial charge on any atom is 0.335 e. The zero-order chi connectivity index (χ0) is 12.7. The van der Waals surface area contributed by atoms with Crippen molar-refractivity contribution in [3.05, 3.63) is 29.8 Å². The smallest absolute Gasteiger partial charge is 0.335 e. The molecule has 0 radical (unpaired) electrons. The molecule has 1 atom stereocenters. The lowest BCUT2D eigenvalue weighted by Crippen LogP contribution is -2.24. The van der Waals surface area contributed by atoms with E-state index in [9.17, 15) is 9.59 Å². The summed E-state index contributed by atoms with van der Waals surface area (Å²) in [5, 5.41) is 8.70. The van der Waals surface area contributed by atoms with Gasteiger partial charge in [-0.2, -0.15) is 0 Å². The van der Waals surface area contributed by atoms with Crippen LogP contribution in [0.2, 0.25) is 0 Å². The van der Waals surface area contributed by atoms with Crippen LogP contribution in [0.3, 0.4) is 0 Å². The van der Waals surface area contributed by atoms with Crippen LogP contribution in [0.15, 0.2) is 24.3 Å². The van der Waals surface area contributed by atoms with Crippen LogP contribution in [-0.4, -0.2) is 36.7 Å². The van der Waals surface area contributed by atoms with Gasteiger partial charge < -0.3 is 14.6 Å². The minimum Gasteiger partial charge on any atom is -0.481 e. The van der Waals surface area contributed by atoms with Gasteiger partial charge in [-0.25, -0.2) is 4.79 Å². The van der Waals surface area contributed by atoms with Gasteiger partial charge in [0.15, 0.2) is 12.4 Å². The first-order valence-corrected chi connectivity index (χ1v) is 5.20. The summed E-state index contributed by atoms with van der Waals surface area (Å²) in [5.41, 5.74) is 0.171. The van der Waals surface area contributed by atoms with Crippen LogP contribution < -0.4 is 4.74 Å². The van der Waals surface area contributed by atoms with Crippen LogP contribution in [0.25, 0.3) is 0 Å². The summed E-state index contributed by atoms with van der Waals surface area (Å²) in [7, 11) is 0. The summed E-state index contributed by atoms with van der Waals surface area (Å²) in [6.45, 7) is 2.51. The number of aromatic carboxylic acids is 1. The van der Waals surface area contributed by atoms with Gasteiger partial charge in [0.2, 0.25) is 0 Å². The minimum absolute atomic E-state index is 0.171. The molecule has 0 aromatic heterocycles. The van der Waals surface area contributed by atoms with Crippen molar-refractivity contribution in [2.24, 2.45) is 0 Å². The van der Waals surface area contributed by atoms with Gasteiger partial charge in [-0.05, 0) is 31.2 Å². The maximum absolute atomic E-state index is 10.7. The molecule has 0 aliphatic carbocycles. The number of carbonyl (C=O) groups is 2. The molecule has 1 aromatic carbocycles. The summed E-state index contributed by atoms with van der Waals surface area (Å²) >= 11 is 0. The molecule has 0 spiro atoms. The molecule has 0 saturated heterocycles. The highest BCUT2D eigenvalue weighted by Crippen LogP contribution is 2.13. The highest BCUT2D eigenvalue weighted by atomic mass is 16.5. The molecule has 5 nitrogen and oxygen atoms in total. The fraction of sp³-hybridized carbons (Fsp3) is 0.333. The van der Waals surface area contributed by atoms with Crippen molar-refractivity contribution in [2.45, 2.75) is 13.0 Å². The minimum atomic E-state index is -1.00. The predicted molar refractivity (Wildman–Crippen MR) is 60.4 cm³/mol. The summed E-state index contributed by atoms with van der Waals surface area (Å²) in [6, 6.07) is 5.85. The fourth-order valence-electron chi connectivity index (χ4n) is 1.19. The Morgan fingerprint density at radius 1 is 1.41 bits per heavy atom. The van der Waals surface area contributed by atoms with Gasteiger partial charge in [0.1, 0.15) is 5.75 Å². The molecular formula is C12H14O5. The van der Waals surface area contributed by atoms with Crippen molar-refractivity contribution in [3.8, 4) is 5.75 Å². The Hall–Kier alpha value is -1.88. The number of ether oxygens (including phenoxy) is 2. The zero-order valence-corrected chi connectivity index (χ0v) is 9.46. The van der Waals surface area contributed by atoms with Crippen LogP contribution >= 0.6 is 0 Å². The second-order valence-electron chi connectivity index (χ2n) is 3.28. The third-order valence-corrected chi connectivity index (χ3v) is 2.03. The molecule has 0 aliphatic rings. The van der Waals surface area contributed by atoms with Gasteiger partial charge in [-0.1, -0.05) is 0 Å². The highest BCUT2D eigenvalue weighted by molar-refractivity contribution is 5.87. The number of hydrogen-bond donors (Lipinski definition) is 1. The van der Waals surface area contributed by atoms with E-state index in [1.807, 2.05) is 6.92 Å². The van der Waals surface area contributed by atoms with Crippen molar-refractivity contribution >= 4 is 12.3 Å². The first-order valence-electron chi connectivity index (χ1n) is 5.20. The van der Waals surface area contributed by atoms with Crippen LogP contribution in [0.1, 0.15) is 17.3 Å². The molecule has 0 unspecified atom stereocenters. The number of rotatable bonds is 7. The summed E-state index contributed by atoms with van der Waals surface area (Å²) in [5.74, 6) is -0.565. The molecular weight excluding hydrogens is 224 g/mol. The number of benzene rings is 1. The number of hydrogen-bond acceptors (Lipinski definition) is 4. The van der Waals surface area contributed by atoms with Crippen molar-refractivity contribution in [2.75, 3.05) is 13.2 Å². The molecule has 5 heteroatoms. The largest absolute Gasteiger partial charge is 0.481 e. The topological polar surface area (TPSA) is 72.8 Å². The molecule has 0 saturated carbocycles. The second kappa shape index (κ2) is 6.65. The Labute approximate surface area is 99.0 Å². The van der Waals surface area contributed by atoms with Crippen molar-refractivity contribution < 1.29 is 24.2 Å². The van der Waals surface area contributed by atoms with Gasteiger partial charge in [0.25, 0.3) is 0 Å². The highest BCUT2D eigenvalue weighted by Gasteiger charge is 2.09. The Morgan fingerprint density at radius 3 is 2.53 bits per heavy atom. The Balaban J connectivity index is 2.60. The van der Waals surface area contributed by atoms with E-state index in [1.54, 1.807) is 0 Å². The van der Waals surface area contributed by atoms with Crippen molar-refractivity contribution in [1.82, 2.24) is 0 Å². The monoisotopic (exact) mass is 238 g/mol. The molecule has 1 N–H and O–H groups in total. The Bertz CT molecular complexity index is 371. The van der Waals surface area contributed by atoms with E-state index < -0.39 is 12.1 Å². The van der Waals surface area contributed by atoms with E-state index in [0.717, 1.165) is 0 Å². The van der Waals surface area contributed by atoms with Crippen LogP contribution in [0.4, 0.5) is 0 Å². The molecule has 17 heavy (non-hydrogen) atoms. The van der Waals surface area contributed by atoms with Crippen LogP contribution in [-0.2, 0) is 9.53 Å². The molecule has 0 aliphatic heterocycles. The summed E-state index contributed by atoms with van der Waals surface area (Å²) in [4.78, 5) is 21.3. The SMILES string of the molecule is CCOC[C@H](C=O)Oc1ccc(C(=O)O)cc1. The molecule has 0 bridgehead atoms. The zero-order valence-electron chi connectivity index (χ0n) is 9.46. The predicted octanol–water partition coefficient (Wildman–Crippen LogP) is 1.37. The second-order valence-corrected chi connectivity index (χ2v) is 3.28. The molecule has 0 heterocycles. The lowest BCUT2D eigenvalue weighted by molar-refractivity contribution is -0.116. The number of carbonyl (C=O) groups excluding carboxylic acids is 1. The summed E-state index contributed by atoms with van der Waals surface area (Å²) in [6.07, 6.45) is -0.0218. The van der Waals surface area contributed by atoms with Gasteiger partial charge in [-0.3, -0.25) is 4.79 Å². The van der Waals surface area contributed by atoms with Crippen molar-refractivity contribution in [3.63, 3.8) is 0 Å². The van der Waals surface area contributed by atoms with Crippen LogP contribution in [0, 0.1) is 0 Å². The first-order chi connectivity index (χ1) is 8.17. The number of carboxylic acid groups (broad SMARTS) is 1. The van der Waals surface area contributed by atoms with Crippen molar-refractivity contribution in [1.29, 1.82) is 0 Å². The third-order valence-electron chi connectivity index (χ3n) is 2.03. The standard InChI is InChI=1S/C12H14O5/c1-2-16-8-11(7-13)17-10-5-3-9(4-6-10)12(14)15/h3-7,11H,2,8H2,1H3,(H,14,15)/t11-/m0/s1. The molecule has 92 valence electrons. The lowest BCUT2D eigenvalue weighted by atomic mass is 10.2. The van der Waals surface area contributed by atoms with E-state index in [2.05, 4.69) is 0 Å². The van der Waals surface area contributed by atoms with E-state index in [4.69, 9.17) is 14.6 Å². The first kappa shape index (κ1) is 13.2.